The molecule has 26 heavy (non-hydrogen) atoms. The average molecular weight is 453 g/mol. The van der Waals surface area contributed by atoms with E-state index in [4.69, 9.17) is 0 Å². The SMILES string of the molecule is O=C1C(=Cc2ccc(N3Cc4ccccc4C3)[te]2)C(=O)c2ccccc21. The molecule has 2 aliphatic rings. The Kier molecular flexibility index (Phi) is 3.70. The molecule has 0 N–H and O–H groups in total. The van der Waals surface area contributed by atoms with Gasteiger partial charge in [-0.2, -0.15) is 0 Å². The van der Waals surface area contributed by atoms with Gasteiger partial charge in [0.2, 0.25) is 0 Å². The minimum atomic E-state index is -0.579. The zero-order valence-corrected chi connectivity index (χ0v) is 16.3. The second-order valence-electron chi connectivity index (χ2n) is 6.56. The van der Waals surface area contributed by atoms with Gasteiger partial charge in [-0.15, -0.1) is 0 Å². The van der Waals surface area contributed by atoms with Gasteiger partial charge in [0.1, 0.15) is 0 Å². The number of carbonyl (C=O) groups is 2. The van der Waals surface area contributed by atoms with Crippen molar-refractivity contribution in [2.45, 2.75) is 13.1 Å². The predicted molar refractivity (Wildman–Crippen MR) is 103 cm³/mol. The fourth-order valence-electron chi connectivity index (χ4n) is 3.62. The van der Waals surface area contributed by atoms with Crippen molar-refractivity contribution in [1.82, 2.24) is 0 Å². The monoisotopic (exact) mass is 455 g/mol. The van der Waals surface area contributed by atoms with Crippen LogP contribution in [0.1, 0.15) is 35.4 Å². The van der Waals surface area contributed by atoms with E-state index in [2.05, 4.69) is 41.3 Å². The molecule has 0 saturated heterocycles. The molecule has 5 rings (SSSR count). The van der Waals surface area contributed by atoms with E-state index in [1.54, 1.807) is 24.3 Å². The molecule has 0 fully saturated rings. The fraction of sp³-hybridized carbons (Fsp3) is 0.0909. The molecular formula is C22H15NO2Te. The molecular weight excluding hydrogens is 438 g/mol. The molecule has 4 heteroatoms. The van der Waals surface area contributed by atoms with Crippen molar-refractivity contribution in [3.63, 3.8) is 0 Å². The second-order valence-corrected chi connectivity index (χ2v) is 9.68. The molecule has 0 bridgehead atoms. The molecule has 3 aromatic rings. The molecule has 0 saturated carbocycles. The van der Waals surface area contributed by atoms with Crippen LogP contribution in [0.3, 0.4) is 0 Å². The van der Waals surface area contributed by atoms with Crippen molar-refractivity contribution in [3.8, 4) is 0 Å². The van der Waals surface area contributed by atoms with Gasteiger partial charge < -0.3 is 0 Å². The van der Waals surface area contributed by atoms with Crippen LogP contribution in [0.4, 0.5) is 3.70 Å². The zero-order chi connectivity index (χ0) is 17.7. The summed E-state index contributed by atoms with van der Waals surface area (Å²) in [4.78, 5) is 27.5. The van der Waals surface area contributed by atoms with Gasteiger partial charge in [0.25, 0.3) is 0 Å². The van der Waals surface area contributed by atoms with Crippen molar-refractivity contribution in [1.29, 1.82) is 0 Å². The Morgan fingerprint density at radius 2 is 1.35 bits per heavy atom. The van der Waals surface area contributed by atoms with Crippen LogP contribution in [0.15, 0.2) is 66.2 Å². The van der Waals surface area contributed by atoms with E-state index in [9.17, 15) is 9.59 Å². The van der Waals surface area contributed by atoms with Crippen LogP contribution in [0, 0.1) is 0 Å². The number of Topliss-reactive ketones (excluding diaryl/α,β-unsaturated/α-hetero) is 2. The van der Waals surface area contributed by atoms with Crippen LogP contribution in [-0.4, -0.2) is 32.0 Å². The van der Waals surface area contributed by atoms with Gasteiger partial charge in [-0.3, -0.25) is 0 Å². The molecule has 2 heterocycles. The number of ketones is 2. The number of nitrogens with zero attached hydrogens (tertiary/aromatic N) is 1. The zero-order valence-electron chi connectivity index (χ0n) is 13.9. The summed E-state index contributed by atoms with van der Waals surface area (Å²) in [5.41, 5.74) is 4.17. The number of carbonyl (C=O) groups excluding carboxylic acids is 2. The average Bonchev–Trinajstić information content (AvgIpc) is 3.36. The molecule has 1 aliphatic carbocycles. The van der Waals surface area contributed by atoms with Crippen molar-refractivity contribution in [3.05, 3.63) is 92.1 Å². The maximum atomic E-state index is 12.6. The molecule has 0 amide bonds. The van der Waals surface area contributed by atoms with Gasteiger partial charge in [-0.1, -0.05) is 0 Å². The summed E-state index contributed by atoms with van der Waals surface area (Å²) in [5.74, 6) is -0.276. The Morgan fingerprint density at radius 1 is 0.769 bits per heavy atom. The first-order valence-corrected chi connectivity index (χ1v) is 10.9. The first kappa shape index (κ1) is 15.8. The van der Waals surface area contributed by atoms with E-state index in [-0.39, 0.29) is 11.6 Å². The molecule has 2 aromatic carbocycles. The van der Waals surface area contributed by atoms with Crippen molar-refractivity contribution in [2.75, 3.05) is 4.90 Å². The Bertz CT molecular complexity index is 1030. The minimum absolute atomic E-state index is 0.138. The van der Waals surface area contributed by atoms with Crippen LogP contribution >= 0.6 is 0 Å². The first-order chi connectivity index (χ1) is 12.7. The number of hydrogen-bond acceptors (Lipinski definition) is 3. The normalized spacial score (nSPS) is 15.4. The number of allylic oxidation sites excluding steroid dienone is 1. The summed E-state index contributed by atoms with van der Waals surface area (Å²) < 4.78 is 2.51. The molecule has 1 aliphatic heterocycles. The van der Waals surface area contributed by atoms with E-state index in [0.29, 0.717) is 16.7 Å². The first-order valence-electron chi connectivity index (χ1n) is 8.52. The number of anilines is 1. The van der Waals surface area contributed by atoms with Gasteiger partial charge in [0, 0.05) is 0 Å². The van der Waals surface area contributed by atoms with E-state index >= 15 is 0 Å². The molecule has 0 unspecified atom stereocenters. The Hall–Kier alpha value is -2.41. The van der Waals surface area contributed by atoms with E-state index in [1.807, 2.05) is 6.08 Å². The third-order valence-corrected chi connectivity index (χ3v) is 8.08. The van der Waals surface area contributed by atoms with Gasteiger partial charge in [-0.25, -0.2) is 0 Å². The maximum absolute atomic E-state index is 12.6. The fourth-order valence-corrected chi connectivity index (χ4v) is 6.33. The number of rotatable bonds is 2. The Balaban J connectivity index is 1.43. The molecule has 126 valence electrons. The van der Waals surface area contributed by atoms with Crippen molar-refractivity contribution < 1.29 is 9.59 Å². The topological polar surface area (TPSA) is 37.4 Å². The summed E-state index contributed by atoms with van der Waals surface area (Å²) >= 11 is -0.579. The van der Waals surface area contributed by atoms with Gasteiger partial charge >= 0.3 is 161 Å². The van der Waals surface area contributed by atoms with Gasteiger partial charge in [-0.05, 0) is 0 Å². The van der Waals surface area contributed by atoms with Gasteiger partial charge in [0.15, 0.2) is 0 Å². The summed E-state index contributed by atoms with van der Waals surface area (Å²) in [6.45, 7) is 1.90. The standard InChI is InChI=1S/C22H15NO2Te/c24-21-17-7-3-4-8-18(17)22(25)19(21)11-16-9-10-20(26-16)23-12-14-5-1-2-6-15(14)13-23/h1-11H,12-13H2. The van der Waals surface area contributed by atoms with Gasteiger partial charge in [0.05, 0.1) is 0 Å². The van der Waals surface area contributed by atoms with Crippen LogP contribution in [0.25, 0.3) is 6.08 Å². The third kappa shape index (κ3) is 2.49. The summed E-state index contributed by atoms with van der Waals surface area (Å²) in [6.07, 6.45) is 1.83. The van der Waals surface area contributed by atoms with Crippen LogP contribution < -0.4 is 4.90 Å². The Labute approximate surface area is 161 Å². The third-order valence-electron chi connectivity index (χ3n) is 4.96. The van der Waals surface area contributed by atoms with E-state index in [0.717, 1.165) is 16.7 Å². The summed E-state index contributed by atoms with van der Waals surface area (Å²) in [5, 5.41) is 0. The predicted octanol–water partition coefficient (Wildman–Crippen LogP) is 3.73. The molecule has 1 aromatic heterocycles. The number of fused-ring (bicyclic) bond motifs is 2. The van der Waals surface area contributed by atoms with Crippen LogP contribution in [0.2, 0.25) is 0 Å². The summed E-state index contributed by atoms with van der Waals surface area (Å²) in [7, 11) is 0. The summed E-state index contributed by atoms with van der Waals surface area (Å²) in [6, 6.07) is 19.9. The number of benzene rings is 2. The second kappa shape index (κ2) is 6.09. The molecule has 3 nitrogen and oxygen atoms in total. The van der Waals surface area contributed by atoms with Crippen LogP contribution in [-0.2, 0) is 13.1 Å². The molecule has 0 spiro atoms. The molecule has 0 atom stereocenters. The van der Waals surface area contributed by atoms with Crippen LogP contribution in [0.5, 0.6) is 0 Å². The number of hydrogen-bond donors (Lipinski definition) is 0. The molecule has 0 radical (unpaired) electrons. The quantitative estimate of drug-likeness (QED) is 0.338. The Morgan fingerprint density at radius 3 is 1.96 bits per heavy atom. The van der Waals surface area contributed by atoms with E-state index < -0.39 is 20.4 Å². The van der Waals surface area contributed by atoms with Crippen molar-refractivity contribution in [2.24, 2.45) is 0 Å². The van der Waals surface area contributed by atoms with E-state index in [1.165, 1.54) is 14.8 Å². The van der Waals surface area contributed by atoms with Crippen molar-refractivity contribution >= 4 is 41.8 Å².